The van der Waals surface area contributed by atoms with Gasteiger partial charge in [0.05, 0.1) is 13.7 Å². The minimum absolute atomic E-state index is 0.0921. The first-order valence-electron chi connectivity index (χ1n) is 6.91. The minimum atomic E-state index is -0.325. The van der Waals surface area contributed by atoms with Crippen LogP contribution in [0.4, 0.5) is 0 Å². The van der Waals surface area contributed by atoms with Crippen molar-refractivity contribution in [3.8, 4) is 17.6 Å². The molecule has 0 atom stereocenters. The van der Waals surface area contributed by atoms with Gasteiger partial charge in [-0.1, -0.05) is 6.07 Å². The van der Waals surface area contributed by atoms with E-state index in [0.29, 0.717) is 18.1 Å². The molecule has 110 valence electrons. The fourth-order valence-corrected chi connectivity index (χ4v) is 1.86. The summed E-state index contributed by atoms with van der Waals surface area (Å²) in [4.78, 5) is 11.9. The average molecular weight is 286 g/mol. The predicted octanol–water partition coefficient (Wildman–Crippen LogP) is 2.28. The van der Waals surface area contributed by atoms with Crippen LogP contribution in [0.3, 0.4) is 0 Å². The fraction of sp³-hybridized carbons (Fsp3) is 0.375. The summed E-state index contributed by atoms with van der Waals surface area (Å²) >= 11 is 0. The smallest absolute Gasteiger partial charge is 0.262 e. The molecule has 1 aromatic rings. The molecule has 1 N–H and O–H groups in total. The van der Waals surface area contributed by atoms with Crippen molar-refractivity contribution >= 4 is 12.0 Å². The largest absolute Gasteiger partial charge is 0.493 e. The van der Waals surface area contributed by atoms with Gasteiger partial charge in [0.15, 0.2) is 11.5 Å². The number of carbonyl (C=O) groups excluding carboxylic acids is 1. The number of carbonyl (C=O) groups is 1. The van der Waals surface area contributed by atoms with E-state index >= 15 is 0 Å². The van der Waals surface area contributed by atoms with E-state index in [1.165, 1.54) is 0 Å². The summed E-state index contributed by atoms with van der Waals surface area (Å²) in [6, 6.07) is 7.46. The number of hydrogen-bond acceptors (Lipinski definition) is 4. The molecule has 1 aromatic carbocycles. The molecule has 1 fully saturated rings. The maximum Gasteiger partial charge on any atom is 0.262 e. The van der Waals surface area contributed by atoms with E-state index < -0.39 is 0 Å². The van der Waals surface area contributed by atoms with E-state index in [4.69, 9.17) is 14.7 Å². The monoisotopic (exact) mass is 286 g/mol. The second-order valence-electron chi connectivity index (χ2n) is 4.76. The van der Waals surface area contributed by atoms with Gasteiger partial charge in [-0.05, 0) is 43.5 Å². The Bertz CT molecular complexity index is 598. The molecule has 1 aliphatic carbocycles. The van der Waals surface area contributed by atoms with Crippen LogP contribution >= 0.6 is 0 Å². The third-order valence-electron chi connectivity index (χ3n) is 3.08. The normalized spacial score (nSPS) is 14.2. The maximum absolute atomic E-state index is 11.9. The molecule has 0 heterocycles. The third-order valence-corrected chi connectivity index (χ3v) is 3.08. The molecular weight excluding hydrogens is 268 g/mol. The number of hydrogen-bond donors (Lipinski definition) is 1. The van der Waals surface area contributed by atoms with Gasteiger partial charge in [0.1, 0.15) is 11.6 Å². The number of amides is 1. The Labute approximate surface area is 124 Å². The highest BCUT2D eigenvalue weighted by molar-refractivity contribution is 6.02. The van der Waals surface area contributed by atoms with E-state index in [1.54, 1.807) is 31.4 Å². The Hall–Kier alpha value is -2.48. The van der Waals surface area contributed by atoms with Crippen LogP contribution in [0.1, 0.15) is 25.3 Å². The van der Waals surface area contributed by atoms with Crippen LogP contribution in [-0.2, 0) is 4.79 Å². The number of benzene rings is 1. The number of ether oxygens (including phenoxy) is 2. The Kier molecular flexibility index (Phi) is 4.83. The maximum atomic E-state index is 11.9. The Morgan fingerprint density at radius 2 is 2.24 bits per heavy atom. The van der Waals surface area contributed by atoms with Gasteiger partial charge in [0.2, 0.25) is 0 Å². The van der Waals surface area contributed by atoms with Crippen molar-refractivity contribution in [3.05, 3.63) is 29.3 Å². The van der Waals surface area contributed by atoms with Gasteiger partial charge in [0, 0.05) is 6.04 Å². The van der Waals surface area contributed by atoms with Crippen LogP contribution in [0.2, 0.25) is 0 Å². The summed E-state index contributed by atoms with van der Waals surface area (Å²) in [5.41, 5.74) is 0.816. The van der Waals surface area contributed by atoms with E-state index in [0.717, 1.165) is 18.4 Å². The Balaban J connectivity index is 2.22. The van der Waals surface area contributed by atoms with Crippen LogP contribution in [0.15, 0.2) is 23.8 Å². The number of methoxy groups -OCH3 is 1. The standard InChI is InChI=1S/C16H18N2O3/c1-3-21-15-9-11(4-7-14(15)20-2)8-12(10-17)16(19)18-13-5-6-13/h4,7-9,13H,3,5-6H2,1-2H3,(H,18,19)/b12-8+. The number of nitrogens with one attached hydrogen (secondary N) is 1. The van der Waals surface area contributed by atoms with Gasteiger partial charge >= 0.3 is 0 Å². The second-order valence-corrected chi connectivity index (χ2v) is 4.76. The molecule has 5 heteroatoms. The van der Waals surface area contributed by atoms with Gasteiger partial charge < -0.3 is 14.8 Å². The first-order chi connectivity index (χ1) is 10.2. The van der Waals surface area contributed by atoms with Gasteiger partial charge in [0.25, 0.3) is 5.91 Å². The Morgan fingerprint density at radius 3 is 2.81 bits per heavy atom. The topological polar surface area (TPSA) is 71.3 Å². The predicted molar refractivity (Wildman–Crippen MR) is 78.9 cm³/mol. The quantitative estimate of drug-likeness (QED) is 0.643. The van der Waals surface area contributed by atoms with Crippen molar-refractivity contribution < 1.29 is 14.3 Å². The summed E-state index contributed by atoms with van der Waals surface area (Å²) < 4.78 is 10.7. The minimum Gasteiger partial charge on any atom is -0.493 e. The fourth-order valence-electron chi connectivity index (χ4n) is 1.86. The molecular formula is C16H18N2O3. The third kappa shape index (κ3) is 3.99. The lowest BCUT2D eigenvalue weighted by Gasteiger charge is -2.10. The van der Waals surface area contributed by atoms with Gasteiger partial charge in [-0.15, -0.1) is 0 Å². The summed E-state index contributed by atoms with van der Waals surface area (Å²) in [6.07, 6.45) is 3.53. The van der Waals surface area contributed by atoms with Gasteiger partial charge in [-0.2, -0.15) is 5.26 Å². The molecule has 0 aliphatic heterocycles. The van der Waals surface area contributed by atoms with Crippen LogP contribution in [0.5, 0.6) is 11.5 Å². The summed E-state index contributed by atoms with van der Waals surface area (Å²) in [5.74, 6) is 0.886. The average Bonchev–Trinajstić information content (AvgIpc) is 3.29. The lowest BCUT2D eigenvalue weighted by molar-refractivity contribution is -0.117. The number of nitrogens with zero attached hydrogens (tertiary/aromatic N) is 1. The first kappa shape index (κ1) is 14.9. The summed E-state index contributed by atoms with van der Waals surface area (Å²) in [5, 5.41) is 11.9. The van der Waals surface area contributed by atoms with Crippen LogP contribution < -0.4 is 14.8 Å². The van der Waals surface area contributed by atoms with E-state index in [2.05, 4.69) is 5.32 Å². The molecule has 0 radical (unpaired) electrons. The molecule has 2 rings (SSSR count). The van der Waals surface area contributed by atoms with Crippen molar-refractivity contribution in [2.45, 2.75) is 25.8 Å². The lowest BCUT2D eigenvalue weighted by Crippen LogP contribution is -2.26. The van der Waals surface area contributed by atoms with Crippen molar-refractivity contribution in [1.82, 2.24) is 5.32 Å². The molecule has 1 amide bonds. The molecule has 5 nitrogen and oxygen atoms in total. The molecule has 1 saturated carbocycles. The lowest BCUT2D eigenvalue weighted by atomic mass is 10.1. The van der Waals surface area contributed by atoms with Gasteiger partial charge in [-0.25, -0.2) is 0 Å². The zero-order valence-corrected chi connectivity index (χ0v) is 12.2. The van der Waals surface area contributed by atoms with Crippen molar-refractivity contribution in [3.63, 3.8) is 0 Å². The molecule has 1 aliphatic rings. The highest BCUT2D eigenvalue weighted by atomic mass is 16.5. The van der Waals surface area contributed by atoms with Crippen molar-refractivity contribution in [2.75, 3.05) is 13.7 Å². The Morgan fingerprint density at radius 1 is 1.48 bits per heavy atom. The molecule has 0 aromatic heterocycles. The highest BCUT2D eigenvalue weighted by Crippen LogP contribution is 2.29. The van der Waals surface area contributed by atoms with Crippen LogP contribution in [0.25, 0.3) is 6.08 Å². The van der Waals surface area contributed by atoms with Crippen molar-refractivity contribution in [2.24, 2.45) is 0 Å². The van der Waals surface area contributed by atoms with Gasteiger partial charge in [-0.3, -0.25) is 4.79 Å². The zero-order chi connectivity index (χ0) is 15.2. The van der Waals surface area contributed by atoms with E-state index in [1.807, 2.05) is 13.0 Å². The van der Waals surface area contributed by atoms with Crippen LogP contribution in [0, 0.1) is 11.3 Å². The molecule has 0 saturated heterocycles. The van der Waals surface area contributed by atoms with E-state index in [9.17, 15) is 4.79 Å². The number of rotatable bonds is 6. The highest BCUT2D eigenvalue weighted by Gasteiger charge is 2.24. The summed E-state index contributed by atoms with van der Waals surface area (Å²) in [7, 11) is 1.57. The first-order valence-corrected chi connectivity index (χ1v) is 6.91. The van der Waals surface area contributed by atoms with E-state index in [-0.39, 0.29) is 17.5 Å². The molecule has 0 bridgehead atoms. The molecule has 0 unspecified atom stereocenters. The SMILES string of the molecule is CCOc1cc(/C=C(\C#N)C(=O)NC2CC2)ccc1OC. The number of nitriles is 1. The molecule has 0 spiro atoms. The van der Waals surface area contributed by atoms with Crippen molar-refractivity contribution in [1.29, 1.82) is 5.26 Å². The summed E-state index contributed by atoms with van der Waals surface area (Å²) in [6.45, 7) is 2.39. The zero-order valence-electron chi connectivity index (χ0n) is 12.2. The second kappa shape index (κ2) is 6.80. The molecule has 21 heavy (non-hydrogen) atoms. The van der Waals surface area contributed by atoms with Crippen LogP contribution in [-0.4, -0.2) is 25.7 Å².